The predicted molar refractivity (Wildman–Crippen MR) is 132 cm³/mol. The SMILES string of the molecule is CCCCCCCCCCCCCCCCCCN(C=O)c1cc([N+](=O)[O-])ccc1CO. The summed E-state index contributed by atoms with van der Waals surface area (Å²) < 4.78 is 0. The number of nitro benzene ring substituents is 1. The Hall–Kier alpha value is -1.95. The van der Waals surface area contributed by atoms with Crippen LogP contribution in [0.3, 0.4) is 0 Å². The molecule has 0 radical (unpaired) electrons. The van der Waals surface area contributed by atoms with Crippen molar-refractivity contribution >= 4 is 17.8 Å². The van der Waals surface area contributed by atoms with E-state index in [0.29, 0.717) is 24.2 Å². The van der Waals surface area contributed by atoms with E-state index < -0.39 is 4.92 Å². The molecule has 0 heterocycles. The molecule has 1 aromatic rings. The van der Waals surface area contributed by atoms with Crippen molar-refractivity contribution in [1.82, 2.24) is 0 Å². The van der Waals surface area contributed by atoms with Crippen molar-refractivity contribution in [2.45, 2.75) is 116 Å². The van der Waals surface area contributed by atoms with Crippen LogP contribution in [0.15, 0.2) is 18.2 Å². The van der Waals surface area contributed by atoms with E-state index in [0.717, 1.165) is 19.3 Å². The number of benzene rings is 1. The molecule has 0 aliphatic rings. The van der Waals surface area contributed by atoms with Gasteiger partial charge in [-0.05, 0) is 12.5 Å². The van der Waals surface area contributed by atoms with Gasteiger partial charge in [0.05, 0.1) is 17.2 Å². The second-order valence-corrected chi connectivity index (χ2v) is 8.83. The number of nitrogens with zero attached hydrogens (tertiary/aromatic N) is 2. The lowest BCUT2D eigenvalue weighted by Gasteiger charge is -2.20. The number of aliphatic hydroxyl groups excluding tert-OH is 1. The smallest absolute Gasteiger partial charge is 0.271 e. The Balaban J connectivity index is 2.08. The molecule has 0 fully saturated rings. The summed E-state index contributed by atoms with van der Waals surface area (Å²) in [5.41, 5.74) is 0.882. The van der Waals surface area contributed by atoms with E-state index in [1.807, 2.05) is 0 Å². The Labute approximate surface area is 194 Å². The van der Waals surface area contributed by atoms with Crippen LogP contribution in [0.25, 0.3) is 0 Å². The number of amides is 1. The minimum Gasteiger partial charge on any atom is -0.392 e. The lowest BCUT2D eigenvalue weighted by Crippen LogP contribution is -2.23. The van der Waals surface area contributed by atoms with Gasteiger partial charge in [-0.15, -0.1) is 0 Å². The van der Waals surface area contributed by atoms with Crippen LogP contribution in [0, 0.1) is 10.1 Å². The summed E-state index contributed by atoms with van der Waals surface area (Å²) in [6.45, 7) is 2.52. The fourth-order valence-electron chi connectivity index (χ4n) is 4.13. The molecular formula is C26H44N2O4. The minimum absolute atomic E-state index is 0.0731. The highest BCUT2D eigenvalue weighted by molar-refractivity contribution is 5.78. The molecule has 6 heteroatoms. The van der Waals surface area contributed by atoms with Crippen molar-refractivity contribution in [1.29, 1.82) is 0 Å². The van der Waals surface area contributed by atoms with Crippen molar-refractivity contribution in [3.05, 3.63) is 33.9 Å². The monoisotopic (exact) mass is 448 g/mol. The average molecular weight is 449 g/mol. The van der Waals surface area contributed by atoms with Gasteiger partial charge in [-0.3, -0.25) is 14.9 Å². The van der Waals surface area contributed by atoms with E-state index in [1.165, 1.54) is 107 Å². The number of hydrogen-bond donors (Lipinski definition) is 1. The number of rotatable bonds is 21. The number of unbranched alkanes of at least 4 members (excludes halogenated alkanes) is 15. The second-order valence-electron chi connectivity index (χ2n) is 8.83. The van der Waals surface area contributed by atoms with Crippen molar-refractivity contribution in [2.75, 3.05) is 11.4 Å². The standard InChI is InChI=1S/C26H44N2O4/c1-2-3-4-5-6-7-8-9-10-11-12-13-14-15-16-17-20-27(23-30)26-21-25(28(31)32)19-18-24(26)22-29/h18-19,21,23,29H,2-17,20,22H2,1H3. The molecule has 0 spiro atoms. The van der Waals surface area contributed by atoms with Gasteiger partial charge >= 0.3 is 0 Å². The molecule has 32 heavy (non-hydrogen) atoms. The van der Waals surface area contributed by atoms with Crippen LogP contribution in [-0.4, -0.2) is 23.0 Å². The van der Waals surface area contributed by atoms with E-state index in [2.05, 4.69) is 6.92 Å². The maximum absolute atomic E-state index is 11.5. The van der Waals surface area contributed by atoms with Crippen LogP contribution in [0.4, 0.5) is 11.4 Å². The predicted octanol–water partition coefficient (Wildman–Crippen LogP) is 7.31. The van der Waals surface area contributed by atoms with Crippen LogP contribution in [0.1, 0.15) is 115 Å². The number of carbonyl (C=O) groups is 1. The molecule has 0 bridgehead atoms. The largest absolute Gasteiger partial charge is 0.392 e. The molecule has 0 unspecified atom stereocenters. The molecule has 6 nitrogen and oxygen atoms in total. The number of carbonyl (C=O) groups excluding carboxylic acids is 1. The highest BCUT2D eigenvalue weighted by atomic mass is 16.6. The Bertz CT molecular complexity index is 636. The van der Waals surface area contributed by atoms with Gasteiger partial charge in [0, 0.05) is 24.2 Å². The molecule has 1 rings (SSSR count). The Kier molecular flexibility index (Phi) is 16.3. The van der Waals surface area contributed by atoms with Gasteiger partial charge in [-0.1, -0.05) is 103 Å². The first-order valence-electron chi connectivity index (χ1n) is 12.7. The number of nitro groups is 1. The molecule has 0 aliphatic heterocycles. The fraction of sp³-hybridized carbons (Fsp3) is 0.731. The molecule has 0 atom stereocenters. The van der Waals surface area contributed by atoms with Crippen LogP contribution < -0.4 is 4.90 Å². The molecule has 182 valence electrons. The summed E-state index contributed by atoms with van der Waals surface area (Å²) in [6, 6.07) is 4.23. The van der Waals surface area contributed by atoms with Gasteiger partial charge in [0.15, 0.2) is 0 Å². The lowest BCUT2D eigenvalue weighted by atomic mass is 10.0. The molecule has 1 amide bonds. The molecule has 1 N–H and O–H groups in total. The second kappa shape index (κ2) is 18.6. The number of hydrogen-bond acceptors (Lipinski definition) is 4. The summed E-state index contributed by atoms with van der Waals surface area (Å²) in [4.78, 5) is 23.5. The van der Waals surface area contributed by atoms with Crippen LogP contribution >= 0.6 is 0 Å². The maximum Gasteiger partial charge on any atom is 0.271 e. The van der Waals surface area contributed by atoms with E-state index in [-0.39, 0.29) is 12.3 Å². The Morgan fingerprint density at radius 3 is 1.72 bits per heavy atom. The highest BCUT2D eigenvalue weighted by Crippen LogP contribution is 2.26. The summed E-state index contributed by atoms with van der Waals surface area (Å²) in [7, 11) is 0. The van der Waals surface area contributed by atoms with Crippen LogP contribution in [-0.2, 0) is 11.4 Å². The van der Waals surface area contributed by atoms with Crippen molar-refractivity contribution in [3.63, 3.8) is 0 Å². The van der Waals surface area contributed by atoms with Gasteiger partial charge < -0.3 is 10.0 Å². The lowest BCUT2D eigenvalue weighted by molar-refractivity contribution is -0.384. The topological polar surface area (TPSA) is 83.7 Å². The molecular weight excluding hydrogens is 404 g/mol. The van der Waals surface area contributed by atoms with Gasteiger partial charge in [0.2, 0.25) is 6.41 Å². The number of anilines is 1. The summed E-state index contributed by atoms with van der Waals surface area (Å²) >= 11 is 0. The normalized spacial score (nSPS) is 10.9. The summed E-state index contributed by atoms with van der Waals surface area (Å²) in [6.07, 6.45) is 21.3. The zero-order valence-corrected chi connectivity index (χ0v) is 20.1. The van der Waals surface area contributed by atoms with Gasteiger partial charge in [0.25, 0.3) is 5.69 Å². The first kappa shape index (κ1) is 28.1. The maximum atomic E-state index is 11.5. The van der Waals surface area contributed by atoms with Gasteiger partial charge in [-0.2, -0.15) is 0 Å². The highest BCUT2D eigenvalue weighted by Gasteiger charge is 2.15. The molecule has 1 aromatic carbocycles. The molecule has 0 aromatic heterocycles. The Morgan fingerprint density at radius 2 is 1.31 bits per heavy atom. The zero-order valence-electron chi connectivity index (χ0n) is 20.1. The van der Waals surface area contributed by atoms with Crippen molar-refractivity contribution in [3.8, 4) is 0 Å². The van der Waals surface area contributed by atoms with Crippen molar-refractivity contribution < 1.29 is 14.8 Å². The van der Waals surface area contributed by atoms with E-state index in [1.54, 1.807) is 0 Å². The Morgan fingerprint density at radius 1 is 0.844 bits per heavy atom. The minimum atomic E-state index is -0.484. The van der Waals surface area contributed by atoms with E-state index >= 15 is 0 Å². The molecule has 0 saturated carbocycles. The summed E-state index contributed by atoms with van der Waals surface area (Å²) in [5, 5.41) is 20.5. The third-order valence-corrected chi connectivity index (χ3v) is 6.14. The average Bonchev–Trinajstić information content (AvgIpc) is 2.80. The zero-order chi connectivity index (χ0) is 23.4. The van der Waals surface area contributed by atoms with E-state index in [9.17, 15) is 20.0 Å². The van der Waals surface area contributed by atoms with Gasteiger partial charge in [0.1, 0.15) is 0 Å². The van der Waals surface area contributed by atoms with Crippen molar-refractivity contribution in [2.24, 2.45) is 0 Å². The van der Waals surface area contributed by atoms with Gasteiger partial charge in [-0.25, -0.2) is 0 Å². The third kappa shape index (κ3) is 12.2. The number of aliphatic hydroxyl groups is 1. The number of non-ortho nitro benzene ring substituents is 1. The third-order valence-electron chi connectivity index (χ3n) is 6.14. The molecule has 0 aliphatic carbocycles. The quantitative estimate of drug-likeness (QED) is 0.0924. The summed E-state index contributed by atoms with van der Waals surface area (Å²) in [5.74, 6) is 0. The first-order chi connectivity index (χ1) is 15.6. The fourth-order valence-corrected chi connectivity index (χ4v) is 4.13. The van der Waals surface area contributed by atoms with Crippen LogP contribution in [0.5, 0.6) is 0 Å². The van der Waals surface area contributed by atoms with E-state index in [4.69, 9.17) is 0 Å². The molecule has 0 saturated heterocycles. The first-order valence-corrected chi connectivity index (χ1v) is 12.7. The van der Waals surface area contributed by atoms with Crippen LogP contribution in [0.2, 0.25) is 0 Å².